The van der Waals surface area contributed by atoms with Gasteiger partial charge in [-0.05, 0) is 72.6 Å². The van der Waals surface area contributed by atoms with Crippen molar-refractivity contribution in [3.8, 4) is 11.5 Å². The van der Waals surface area contributed by atoms with E-state index in [0.29, 0.717) is 29.3 Å². The zero-order valence-corrected chi connectivity index (χ0v) is 18.5. The molecule has 0 aliphatic rings. The number of methoxy groups -OCH3 is 1. The van der Waals surface area contributed by atoms with Crippen LogP contribution in [0.25, 0.3) is 10.9 Å². The SMILES string of the molecule is COc1ccc(ON(C(C)=O)c2ccc(C(=O)NCCc3cccc4[nH]ccc34)cc2)cc1. The van der Waals surface area contributed by atoms with E-state index in [1.165, 1.54) is 17.6 Å². The molecule has 4 rings (SSSR count). The number of anilines is 1. The number of rotatable bonds is 8. The molecule has 7 heteroatoms. The molecule has 1 heterocycles. The molecule has 2 amide bonds. The lowest BCUT2D eigenvalue weighted by molar-refractivity contribution is -0.120. The predicted octanol–water partition coefficient (Wildman–Crippen LogP) is 4.50. The minimum absolute atomic E-state index is 0.173. The van der Waals surface area contributed by atoms with Crippen molar-refractivity contribution in [1.29, 1.82) is 0 Å². The van der Waals surface area contributed by atoms with Crippen molar-refractivity contribution in [1.82, 2.24) is 10.3 Å². The molecule has 0 spiro atoms. The first kappa shape index (κ1) is 22.0. The number of aromatic amines is 1. The molecule has 3 aromatic carbocycles. The van der Waals surface area contributed by atoms with Crippen LogP contribution in [0.1, 0.15) is 22.8 Å². The predicted molar refractivity (Wildman–Crippen MR) is 128 cm³/mol. The van der Waals surface area contributed by atoms with Crippen LogP contribution in [0.15, 0.2) is 79.0 Å². The molecular weight excluding hydrogens is 418 g/mol. The van der Waals surface area contributed by atoms with Crippen LogP contribution in [0.2, 0.25) is 0 Å². The standard InChI is InChI=1S/C26H25N3O4/c1-18(30)29(33-23-12-10-22(32-2)11-13-23)21-8-6-20(7-9-21)26(31)28-16-14-19-4-3-5-25-24(19)15-17-27-25/h3-13,15,17,27H,14,16H2,1-2H3,(H,28,31). The van der Waals surface area contributed by atoms with E-state index in [2.05, 4.69) is 16.4 Å². The van der Waals surface area contributed by atoms with E-state index in [-0.39, 0.29) is 11.8 Å². The van der Waals surface area contributed by atoms with Crippen LogP contribution in [-0.2, 0) is 11.2 Å². The molecule has 33 heavy (non-hydrogen) atoms. The van der Waals surface area contributed by atoms with E-state index in [0.717, 1.165) is 17.3 Å². The molecule has 168 valence electrons. The number of hydroxylamine groups is 1. The third kappa shape index (κ3) is 5.15. The van der Waals surface area contributed by atoms with E-state index >= 15 is 0 Å². The smallest absolute Gasteiger partial charge is 0.256 e. The highest BCUT2D eigenvalue weighted by Crippen LogP contribution is 2.22. The largest absolute Gasteiger partial charge is 0.497 e. The second-order valence-corrected chi connectivity index (χ2v) is 7.49. The number of carbonyl (C=O) groups is 2. The first-order valence-electron chi connectivity index (χ1n) is 10.6. The van der Waals surface area contributed by atoms with Crippen molar-refractivity contribution in [2.45, 2.75) is 13.3 Å². The Balaban J connectivity index is 1.37. The molecule has 0 unspecified atom stereocenters. The highest BCUT2D eigenvalue weighted by Gasteiger charge is 2.15. The van der Waals surface area contributed by atoms with Crippen LogP contribution in [0.4, 0.5) is 5.69 Å². The van der Waals surface area contributed by atoms with Crippen molar-refractivity contribution in [2.24, 2.45) is 0 Å². The summed E-state index contributed by atoms with van der Waals surface area (Å²) in [6.07, 6.45) is 2.64. The Labute approximate surface area is 191 Å². The average Bonchev–Trinajstić information content (AvgIpc) is 3.33. The fourth-order valence-corrected chi connectivity index (χ4v) is 3.57. The summed E-state index contributed by atoms with van der Waals surface area (Å²) in [6.45, 7) is 1.93. The molecule has 2 N–H and O–H groups in total. The lowest BCUT2D eigenvalue weighted by atomic mass is 10.1. The number of nitrogens with one attached hydrogen (secondary N) is 2. The van der Waals surface area contributed by atoms with Gasteiger partial charge in [0, 0.05) is 36.1 Å². The van der Waals surface area contributed by atoms with Gasteiger partial charge in [0.15, 0.2) is 5.75 Å². The van der Waals surface area contributed by atoms with Crippen molar-refractivity contribution >= 4 is 28.4 Å². The van der Waals surface area contributed by atoms with Gasteiger partial charge in [-0.25, -0.2) is 0 Å². The van der Waals surface area contributed by atoms with E-state index in [1.54, 1.807) is 55.6 Å². The van der Waals surface area contributed by atoms with Crippen LogP contribution >= 0.6 is 0 Å². The maximum absolute atomic E-state index is 12.6. The van der Waals surface area contributed by atoms with E-state index in [1.807, 2.05) is 24.4 Å². The quantitative estimate of drug-likeness (QED) is 0.393. The summed E-state index contributed by atoms with van der Waals surface area (Å²) in [5.41, 5.74) is 3.29. The monoisotopic (exact) mass is 443 g/mol. The first-order chi connectivity index (χ1) is 16.0. The van der Waals surface area contributed by atoms with Gasteiger partial charge in [0.2, 0.25) is 0 Å². The number of nitrogens with zero attached hydrogens (tertiary/aromatic N) is 1. The van der Waals surface area contributed by atoms with Crippen molar-refractivity contribution in [3.05, 3.63) is 90.1 Å². The highest BCUT2D eigenvalue weighted by molar-refractivity contribution is 5.95. The topological polar surface area (TPSA) is 83.7 Å². The van der Waals surface area contributed by atoms with Gasteiger partial charge in [-0.2, -0.15) is 0 Å². The maximum atomic E-state index is 12.6. The molecule has 0 aliphatic carbocycles. The Kier molecular flexibility index (Phi) is 6.59. The Morgan fingerprint density at radius 3 is 2.36 bits per heavy atom. The van der Waals surface area contributed by atoms with E-state index in [9.17, 15) is 9.59 Å². The molecule has 0 radical (unpaired) electrons. The molecular formula is C26H25N3O4. The zero-order chi connectivity index (χ0) is 23.2. The summed E-state index contributed by atoms with van der Waals surface area (Å²) in [5.74, 6) is 0.720. The second kappa shape index (κ2) is 9.91. The molecule has 7 nitrogen and oxygen atoms in total. The van der Waals surface area contributed by atoms with Gasteiger partial charge in [0.1, 0.15) is 5.75 Å². The van der Waals surface area contributed by atoms with Gasteiger partial charge in [-0.3, -0.25) is 9.59 Å². The number of aromatic nitrogens is 1. The Bertz CT molecular complexity index is 1250. The molecule has 4 aromatic rings. The van der Waals surface area contributed by atoms with Crippen LogP contribution in [0, 0.1) is 0 Å². The Morgan fingerprint density at radius 2 is 1.67 bits per heavy atom. The number of hydrogen-bond acceptors (Lipinski definition) is 4. The van der Waals surface area contributed by atoms with Gasteiger partial charge < -0.3 is 19.9 Å². The summed E-state index contributed by atoms with van der Waals surface area (Å²) >= 11 is 0. The summed E-state index contributed by atoms with van der Waals surface area (Å²) in [7, 11) is 1.58. The summed E-state index contributed by atoms with van der Waals surface area (Å²) in [6, 6.07) is 21.8. The van der Waals surface area contributed by atoms with Crippen LogP contribution in [0.3, 0.4) is 0 Å². The normalized spacial score (nSPS) is 10.6. The minimum Gasteiger partial charge on any atom is -0.497 e. The molecule has 0 aliphatic heterocycles. The number of hydrogen-bond donors (Lipinski definition) is 2. The number of H-pyrrole nitrogens is 1. The van der Waals surface area contributed by atoms with Crippen LogP contribution in [0.5, 0.6) is 11.5 Å². The zero-order valence-electron chi connectivity index (χ0n) is 18.5. The van der Waals surface area contributed by atoms with E-state index in [4.69, 9.17) is 9.57 Å². The van der Waals surface area contributed by atoms with Crippen molar-refractivity contribution < 1.29 is 19.2 Å². The van der Waals surface area contributed by atoms with Crippen LogP contribution < -0.4 is 20.0 Å². The lowest BCUT2D eigenvalue weighted by Gasteiger charge is -2.21. The molecule has 0 saturated heterocycles. The molecule has 0 bridgehead atoms. The second-order valence-electron chi connectivity index (χ2n) is 7.49. The van der Waals surface area contributed by atoms with Gasteiger partial charge in [0.05, 0.1) is 12.8 Å². The van der Waals surface area contributed by atoms with Gasteiger partial charge >= 0.3 is 0 Å². The third-order valence-corrected chi connectivity index (χ3v) is 5.27. The molecule has 0 fully saturated rings. The first-order valence-corrected chi connectivity index (χ1v) is 10.6. The molecule has 0 atom stereocenters. The Morgan fingerprint density at radius 1 is 0.939 bits per heavy atom. The third-order valence-electron chi connectivity index (χ3n) is 5.27. The summed E-state index contributed by atoms with van der Waals surface area (Å²) < 4.78 is 5.13. The van der Waals surface area contributed by atoms with Gasteiger partial charge in [-0.15, -0.1) is 5.06 Å². The van der Waals surface area contributed by atoms with Crippen LogP contribution in [-0.4, -0.2) is 30.5 Å². The number of amides is 2. The summed E-state index contributed by atoms with van der Waals surface area (Å²) in [5, 5.41) is 5.30. The molecule has 0 saturated carbocycles. The van der Waals surface area contributed by atoms with Gasteiger partial charge in [0.25, 0.3) is 11.8 Å². The lowest BCUT2D eigenvalue weighted by Crippen LogP contribution is -2.32. The highest BCUT2D eigenvalue weighted by atomic mass is 16.7. The van der Waals surface area contributed by atoms with E-state index < -0.39 is 0 Å². The average molecular weight is 444 g/mol. The number of carbonyl (C=O) groups excluding carboxylic acids is 2. The van der Waals surface area contributed by atoms with Crippen molar-refractivity contribution in [3.63, 3.8) is 0 Å². The number of fused-ring (bicyclic) bond motifs is 1. The maximum Gasteiger partial charge on any atom is 0.256 e. The fourth-order valence-electron chi connectivity index (χ4n) is 3.57. The van der Waals surface area contributed by atoms with Crippen molar-refractivity contribution in [2.75, 3.05) is 18.7 Å². The minimum atomic E-state index is -0.290. The fraction of sp³-hybridized carbons (Fsp3) is 0.154. The van der Waals surface area contributed by atoms with Gasteiger partial charge in [-0.1, -0.05) is 12.1 Å². The summed E-state index contributed by atoms with van der Waals surface area (Å²) in [4.78, 5) is 33.6. The Hall–Kier alpha value is -4.26. The number of ether oxygens (including phenoxy) is 1. The number of benzene rings is 3. The molecule has 1 aromatic heterocycles.